The summed E-state index contributed by atoms with van der Waals surface area (Å²) < 4.78 is 1.75. The summed E-state index contributed by atoms with van der Waals surface area (Å²) in [5.74, 6) is 0.835. The van der Waals surface area contributed by atoms with Crippen LogP contribution in [0.15, 0.2) is 19.0 Å². The highest BCUT2D eigenvalue weighted by Gasteiger charge is 2.17. The number of likely N-dealkylation sites (tertiary alicyclic amines) is 1. The van der Waals surface area contributed by atoms with Crippen LogP contribution in [-0.4, -0.2) is 40.9 Å². The second-order valence-corrected chi connectivity index (χ2v) is 5.02. The van der Waals surface area contributed by atoms with Gasteiger partial charge < -0.3 is 10.2 Å². The molecule has 1 saturated heterocycles. The van der Waals surface area contributed by atoms with Crippen molar-refractivity contribution in [3.8, 4) is 0 Å². The predicted molar refractivity (Wildman–Crippen MR) is 75.2 cm³/mol. The highest BCUT2D eigenvalue weighted by atomic mass is 15.2. The van der Waals surface area contributed by atoms with Crippen LogP contribution in [0.3, 0.4) is 0 Å². The van der Waals surface area contributed by atoms with E-state index in [0.29, 0.717) is 0 Å². The normalized spacial score (nSPS) is 18.1. The van der Waals surface area contributed by atoms with Crippen molar-refractivity contribution in [1.82, 2.24) is 20.0 Å². The molecule has 0 amide bonds. The Kier molecular flexibility index (Phi) is 4.96. The first-order valence-corrected chi connectivity index (χ1v) is 6.90. The Bertz CT molecular complexity index is 364. The van der Waals surface area contributed by atoms with E-state index in [1.165, 1.54) is 38.0 Å². The smallest absolute Gasteiger partial charge is 0.0538 e. The Morgan fingerprint density at radius 1 is 1.50 bits per heavy atom. The van der Waals surface area contributed by atoms with Crippen molar-refractivity contribution in [2.24, 2.45) is 5.92 Å². The lowest BCUT2D eigenvalue weighted by Gasteiger charge is -2.31. The van der Waals surface area contributed by atoms with E-state index >= 15 is 0 Å². The largest absolute Gasteiger partial charge is 0.312 e. The molecule has 2 heterocycles. The van der Waals surface area contributed by atoms with Gasteiger partial charge in [0.1, 0.15) is 0 Å². The average molecular weight is 248 g/mol. The third-order valence-corrected chi connectivity index (χ3v) is 3.76. The molecule has 2 rings (SSSR count). The number of hydrogen-bond acceptors (Lipinski definition) is 3. The van der Waals surface area contributed by atoms with Crippen molar-refractivity contribution in [2.45, 2.75) is 26.3 Å². The van der Waals surface area contributed by atoms with Gasteiger partial charge in [0.05, 0.1) is 6.20 Å². The Morgan fingerprint density at radius 3 is 2.89 bits per heavy atom. The monoisotopic (exact) mass is 248 g/mol. The molecule has 18 heavy (non-hydrogen) atoms. The number of aromatic nitrogens is 2. The summed E-state index contributed by atoms with van der Waals surface area (Å²) in [5, 5.41) is 7.71. The molecule has 4 nitrogen and oxygen atoms in total. The summed E-state index contributed by atoms with van der Waals surface area (Å²) in [5.41, 5.74) is 1.22. The molecular weight excluding hydrogens is 224 g/mol. The topological polar surface area (TPSA) is 33.1 Å². The molecule has 0 saturated carbocycles. The maximum absolute atomic E-state index is 4.17. The van der Waals surface area contributed by atoms with Crippen molar-refractivity contribution >= 4 is 6.20 Å². The molecule has 0 spiro atoms. The second-order valence-electron chi connectivity index (χ2n) is 5.02. The molecule has 0 atom stereocenters. The molecule has 0 radical (unpaired) electrons. The van der Waals surface area contributed by atoms with Crippen LogP contribution in [0.4, 0.5) is 0 Å². The first-order chi connectivity index (χ1) is 8.81. The summed E-state index contributed by atoms with van der Waals surface area (Å²) >= 11 is 0. The van der Waals surface area contributed by atoms with Gasteiger partial charge in [-0.25, -0.2) is 4.68 Å². The van der Waals surface area contributed by atoms with Crippen LogP contribution in [0.2, 0.25) is 0 Å². The zero-order chi connectivity index (χ0) is 12.8. The van der Waals surface area contributed by atoms with Gasteiger partial charge in [0.15, 0.2) is 0 Å². The molecule has 0 bridgehead atoms. The number of hydrogen-bond donors (Lipinski definition) is 1. The summed E-state index contributed by atoms with van der Waals surface area (Å²) in [4.78, 5) is 2.53. The predicted octanol–water partition coefficient (Wildman–Crippen LogP) is 1.81. The molecule has 1 fully saturated rings. The van der Waals surface area contributed by atoms with Crippen molar-refractivity contribution in [3.63, 3.8) is 0 Å². The highest BCUT2D eigenvalue weighted by Crippen LogP contribution is 2.15. The van der Waals surface area contributed by atoms with E-state index in [4.69, 9.17) is 0 Å². The lowest BCUT2D eigenvalue weighted by atomic mass is 9.97. The van der Waals surface area contributed by atoms with Gasteiger partial charge >= 0.3 is 0 Å². The Balaban J connectivity index is 1.65. The van der Waals surface area contributed by atoms with E-state index in [-0.39, 0.29) is 0 Å². The molecule has 1 N–H and O–H groups in total. The first kappa shape index (κ1) is 13.3. The van der Waals surface area contributed by atoms with Crippen molar-refractivity contribution < 1.29 is 0 Å². The number of nitrogens with one attached hydrogen (secondary N) is 1. The third kappa shape index (κ3) is 3.68. The van der Waals surface area contributed by atoms with E-state index in [2.05, 4.69) is 28.8 Å². The molecule has 1 aliphatic heterocycles. The number of rotatable bonds is 6. The molecule has 1 aromatic rings. The first-order valence-electron chi connectivity index (χ1n) is 6.90. The zero-order valence-electron chi connectivity index (χ0n) is 11.3. The van der Waals surface area contributed by atoms with E-state index < -0.39 is 0 Å². The fourth-order valence-electron chi connectivity index (χ4n) is 2.50. The van der Waals surface area contributed by atoms with Crippen LogP contribution in [0.25, 0.3) is 6.20 Å². The molecule has 1 aromatic heterocycles. The van der Waals surface area contributed by atoms with Gasteiger partial charge in [-0.2, -0.15) is 5.10 Å². The van der Waals surface area contributed by atoms with Crippen molar-refractivity contribution in [1.29, 1.82) is 0 Å². The van der Waals surface area contributed by atoms with Crippen LogP contribution in [0, 0.1) is 5.92 Å². The molecule has 4 heteroatoms. The molecule has 0 aliphatic carbocycles. The molecule has 100 valence electrons. The fourth-order valence-corrected chi connectivity index (χ4v) is 2.50. The Morgan fingerprint density at radius 2 is 2.28 bits per heavy atom. The van der Waals surface area contributed by atoms with Gasteiger partial charge in [0.2, 0.25) is 0 Å². The lowest BCUT2D eigenvalue weighted by Crippen LogP contribution is -2.36. The van der Waals surface area contributed by atoms with Gasteiger partial charge in [0, 0.05) is 24.5 Å². The maximum atomic E-state index is 4.17. The molecule has 1 aliphatic rings. The van der Waals surface area contributed by atoms with Gasteiger partial charge in [-0.1, -0.05) is 13.5 Å². The van der Waals surface area contributed by atoms with Crippen LogP contribution < -0.4 is 5.32 Å². The summed E-state index contributed by atoms with van der Waals surface area (Å²) in [7, 11) is 0. The minimum absolute atomic E-state index is 0.835. The van der Waals surface area contributed by atoms with E-state index in [1.54, 1.807) is 10.9 Å². The Labute approximate surface area is 110 Å². The zero-order valence-corrected chi connectivity index (χ0v) is 11.3. The maximum Gasteiger partial charge on any atom is 0.0538 e. The molecular formula is C14H24N4. The van der Waals surface area contributed by atoms with Gasteiger partial charge in [-0.3, -0.25) is 0 Å². The SMILES string of the molecule is C=Cn1cc(CNCC2CCN(CC)CC2)cn1. The fraction of sp³-hybridized carbons (Fsp3) is 0.643. The highest BCUT2D eigenvalue weighted by molar-refractivity contribution is 5.17. The minimum atomic E-state index is 0.835. The van der Waals surface area contributed by atoms with Crippen LogP contribution in [-0.2, 0) is 6.54 Å². The Hall–Kier alpha value is -1.13. The lowest BCUT2D eigenvalue weighted by molar-refractivity contribution is 0.190. The van der Waals surface area contributed by atoms with Gasteiger partial charge in [-0.05, 0) is 44.9 Å². The average Bonchev–Trinajstić information content (AvgIpc) is 2.87. The summed E-state index contributed by atoms with van der Waals surface area (Å²) in [6, 6.07) is 0. The van der Waals surface area contributed by atoms with Crippen LogP contribution in [0.1, 0.15) is 25.3 Å². The third-order valence-electron chi connectivity index (χ3n) is 3.76. The quantitative estimate of drug-likeness (QED) is 0.833. The second kappa shape index (κ2) is 6.71. The number of nitrogens with zero attached hydrogens (tertiary/aromatic N) is 3. The van der Waals surface area contributed by atoms with Crippen molar-refractivity contribution in [3.05, 3.63) is 24.5 Å². The minimum Gasteiger partial charge on any atom is -0.312 e. The van der Waals surface area contributed by atoms with Crippen LogP contribution in [0.5, 0.6) is 0 Å². The van der Waals surface area contributed by atoms with Crippen LogP contribution >= 0.6 is 0 Å². The van der Waals surface area contributed by atoms with E-state index in [0.717, 1.165) is 19.0 Å². The van der Waals surface area contributed by atoms with Gasteiger partial charge in [-0.15, -0.1) is 0 Å². The van der Waals surface area contributed by atoms with E-state index in [9.17, 15) is 0 Å². The summed E-state index contributed by atoms with van der Waals surface area (Å²) in [6.07, 6.45) is 8.28. The molecule has 0 aromatic carbocycles. The number of piperidine rings is 1. The van der Waals surface area contributed by atoms with E-state index in [1.807, 2.05) is 12.4 Å². The molecule has 0 unspecified atom stereocenters. The standard InChI is InChI=1S/C14H24N4/c1-3-17-7-5-13(6-8-17)9-15-10-14-11-16-18(4-2)12-14/h4,11-13,15H,2-3,5-10H2,1H3. The summed E-state index contributed by atoms with van der Waals surface area (Å²) in [6.45, 7) is 11.7. The van der Waals surface area contributed by atoms with Crippen molar-refractivity contribution in [2.75, 3.05) is 26.2 Å². The van der Waals surface area contributed by atoms with Gasteiger partial charge in [0.25, 0.3) is 0 Å².